The summed E-state index contributed by atoms with van der Waals surface area (Å²) in [7, 11) is 0. The molecule has 2 bridgehead atoms. The molecule has 1 amide bonds. The number of piperidine rings is 1. The Morgan fingerprint density at radius 2 is 2.03 bits per heavy atom. The van der Waals surface area contributed by atoms with Gasteiger partial charge in [-0.1, -0.05) is 0 Å². The van der Waals surface area contributed by atoms with Gasteiger partial charge in [-0.15, -0.1) is 0 Å². The van der Waals surface area contributed by atoms with Crippen LogP contribution in [0.4, 0.5) is 5.82 Å². The number of carbonyl (C=O) groups excluding carboxylic acids is 1. The predicted molar refractivity (Wildman–Crippen MR) is 112 cm³/mol. The van der Waals surface area contributed by atoms with Gasteiger partial charge in [-0.3, -0.25) is 9.59 Å². The van der Waals surface area contributed by atoms with Crippen molar-refractivity contribution < 1.29 is 9.53 Å². The molecule has 0 aliphatic carbocycles. The van der Waals surface area contributed by atoms with Crippen molar-refractivity contribution in [3.63, 3.8) is 0 Å². The van der Waals surface area contributed by atoms with Crippen LogP contribution >= 0.6 is 0 Å². The zero-order valence-corrected chi connectivity index (χ0v) is 17.0. The first-order chi connectivity index (χ1) is 14.7. The molecule has 3 aliphatic heterocycles. The quantitative estimate of drug-likeness (QED) is 0.822. The molecule has 2 atom stereocenters. The second-order valence-electron chi connectivity index (χ2n) is 8.62. The summed E-state index contributed by atoms with van der Waals surface area (Å²) in [6, 6.07) is 5.60. The first-order valence-corrected chi connectivity index (χ1v) is 10.8. The molecule has 3 aliphatic rings. The molecule has 5 rings (SSSR count). The normalized spacial score (nSPS) is 23.7. The highest BCUT2D eigenvalue weighted by molar-refractivity contribution is 5.93. The van der Waals surface area contributed by atoms with E-state index in [-0.39, 0.29) is 22.9 Å². The van der Waals surface area contributed by atoms with Crippen molar-refractivity contribution >= 4 is 11.7 Å². The smallest absolute Gasteiger partial charge is 0.263 e. The Labute approximate surface area is 175 Å². The molecule has 1 N–H and O–H groups in total. The van der Waals surface area contributed by atoms with Crippen molar-refractivity contribution in [3.05, 3.63) is 52.3 Å². The summed E-state index contributed by atoms with van der Waals surface area (Å²) >= 11 is 0. The summed E-state index contributed by atoms with van der Waals surface area (Å²) in [5, 5.41) is 2.97. The highest BCUT2D eigenvalue weighted by Crippen LogP contribution is 2.36. The number of fused-ring (bicyclic) bond motifs is 4. The summed E-state index contributed by atoms with van der Waals surface area (Å²) in [6.45, 7) is 4.42. The molecule has 2 fully saturated rings. The van der Waals surface area contributed by atoms with Crippen LogP contribution in [-0.4, -0.2) is 53.3 Å². The van der Waals surface area contributed by atoms with Gasteiger partial charge in [0.2, 0.25) is 0 Å². The van der Waals surface area contributed by atoms with Gasteiger partial charge < -0.3 is 19.5 Å². The van der Waals surface area contributed by atoms with Crippen molar-refractivity contribution in [1.29, 1.82) is 0 Å². The number of hydrogen-bond donors (Lipinski definition) is 1. The third-order valence-corrected chi connectivity index (χ3v) is 6.63. The first kappa shape index (κ1) is 19.2. The number of nitrogens with one attached hydrogen (secondary N) is 1. The monoisotopic (exact) mass is 409 g/mol. The molecule has 0 radical (unpaired) electrons. The molecule has 2 aromatic heterocycles. The maximum absolute atomic E-state index is 13.1. The molecule has 0 spiro atoms. The van der Waals surface area contributed by atoms with E-state index in [0.29, 0.717) is 24.9 Å². The minimum absolute atomic E-state index is 0.165. The fourth-order valence-corrected chi connectivity index (χ4v) is 5.06. The van der Waals surface area contributed by atoms with Gasteiger partial charge in [-0.2, -0.15) is 0 Å². The summed E-state index contributed by atoms with van der Waals surface area (Å²) in [6.07, 6.45) is 6.31. The number of nitrogens with zero attached hydrogens (tertiary/aromatic N) is 4. The van der Waals surface area contributed by atoms with Crippen molar-refractivity contribution in [1.82, 2.24) is 19.9 Å². The van der Waals surface area contributed by atoms with Gasteiger partial charge in [0.25, 0.3) is 11.5 Å². The predicted octanol–water partition coefficient (Wildman–Crippen LogP) is 1.42. The van der Waals surface area contributed by atoms with Gasteiger partial charge in [-0.05, 0) is 49.3 Å². The number of anilines is 1. The lowest BCUT2D eigenvalue weighted by Gasteiger charge is -2.43. The number of ether oxygens (including phenoxy) is 1. The largest absolute Gasteiger partial charge is 0.381 e. The summed E-state index contributed by atoms with van der Waals surface area (Å²) < 4.78 is 7.20. The van der Waals surface area contributed by atoms with Crippen LogP contribution in [0.5, 0.6) is 0 Å². The van der Waals surface area contributed by atoms with Crippen LogP contribution in [0.3, 0.4) is 0 Å². The molecular weight excluding hydrogens is 382 g/mol. The third-order valence-electron chi connectivity index (χ3n) is 6.63. The van der Waals surface area contributed by atoms with E-state index in [0.717, 1.165) is 57.1 Å². The van der Waals surface area contributed by atoms with Crippen molar-refractivity contribution in [3.8, 4) is 0 Å². The first-order valence-electron chi connectivity index (χ1n) is 10.8. The molecule has 0 saturated carbocycles. The molecule has 2 aromatic rings. The molecule has 8 nitrogen and oxygen atoms in total. The number of rotatable bonds is 4. The number of carbonyl (C=O) groups is 1. The highest BCUT2D eigenvalue weighted by Gasteiger charge is 2.35. The molecule has 8 heteroatoms. The van der Waals surface area contributed by atoms with E-state index in [2.05, 4.69) is 20.2 Å². The van der Waals surface area contributed by atoms with E-state index < -0.39 is 0 Å². The van der Waals surface area contributed by atoms with Crippen LogP contribution in [0, 0.1) is 11.8 Å². The minimum atomic E-state index is -0.264. The average molecular weight is 409 g/mol. The van der Waals surface area contributed by atoms with Crippen LogP contribution in [0.1, 0.15) is 41.2 Å². The Morgan fingerprint density at radius 3 is 2.83 bits per heavy atom. The Kier molecular flexibility index (Phi) is 5.25. The van der Waals surface area contributed by atoms with Gasteiger partial charge in [0.1, 0.15) is 17.7 Å². The highest BCUT2D eigenvalue weighted by atomic mass is 16.5. The zero-order valence-electron chi connectivity index (χ0n) is 17.0. The molecule has 0 unspecified atom stereocenters. The van der Waals surface area contributed by atoms with E-state index >= 15 is 0 Å². The van der Waals surface area contributed by atoms with E-state index in [9.17, 15) is 9.59 Å². The Bertz CT molecular complexity index is 970. The Morgan fingerprint density at radius 1 is 1.17 bits per heavy atom. The molecular formula is C22H27N5O3. The number of hydrogen-bond acceptors (Lipinski definition) is 6. The van der Waals surface area contributed by atoms with Crippen LogP contribution in [0.25, 0.3) is 0 Å². The standard InChI is InChI=1S/C22H27N5O3/c28-21(24-10-15-4-7-30-8-5-15)18-1-2-19-17-9-16(12-27(19)22(18)29)11-26(13-17)20-3-6-23-14-25-20/h1-3,6,14-17H,4-5,7-13H2,(H,24,28)/t16-,17+/m0/s1. The van der Waals surface area contributed by atoms with E-state index in [1.165, 1.54) is 0 Å². The molecule has 2 saturated heterocycles. The van der Waals surface area contributed by atoms with E-state index in [4.69, 9.17) is 4.74 Å². The van der Waals surface area contributed by atoms with Gasteiger partial charge >= 0.3 is 0 Å². The van der Waals surface area contributed by atoms with Crippen molar-refractivity contribution in [2.45, 2.75) is 31.7 Å². The fraction of sp³-hybridized carbons (Fsp3) is 0.545. The number of aromatic nitrogens is 3. The van der Waals surface area contributed by atoms with E-state index in [1.807, 2.05) is 16.7 Å². The van der Waals surface area contributed by atoms with Crippen molar-refractivity contribution in [2.75, 3.05) is 37.7 Å². The van der Waals surface area contributed by atoms with Gasteiger partial charge in [0, 0.05) is 57.2 Å². The average Bonchev–Trinajstić information content (AvgIpc) is 2.79. The summed E-state index contributed by atoms with van der Waals surface area (Å²) in [5.41, 5.74) is 1.11. The summed E-state index contributed by atoms with van der Waals surface area (Å²) in [5.74, 6) is 1.72. The second-order valence-corrected chi connectivity index (χ2v) is 8.62. The molecule has 30 heavy (non-hydrogen) atoms. The topological polar surface area (TPSA) is 89.4 Å². The zero-order chi connectivity index (χ0) is 20.5. The number of amides is 1. The number of pyridine rings is 1. The van der Waals surface area contributed by atoms with Gasteiger partial charge in [-0.25, -0.2) is 9.97 Å². The lowest BCUT2D eigenvalue weighted by molar-refractivity contribution is 0.0642. The van der Waals surface area contributed by atoms with Gasteiger partial charge in [0.15, 0.2) is 0 Å². The summed E-state index contributed by atoms with van der Waals surface area (Å²) in [4.78, 5) is 36.5. The van der Waals surface area contributed by atoms with E-state index in [1.54, 1.807) is 18.6 Å². The van der Waals surface area contributed by atoms with Crippen LogP contribution in [0.15, 0.2) is 35.5 Å². The maximum Gasteiger partial charge on any atom is 0.263 e. The second kappa shape index (κ2) is 8.18. The lowest BCUT2D eigenvalue weighted by atomic mass is 9.83. The Hall–Kier alpha value is -2.74. The van der Waals surface area contributed by atoms with Crippen molar-refractivity contribution in [2.24, 2.45) is 11.8 Å². The maximum atomic E-state index is 13.1. The Balaban J connectivity index is 1.33. The molecule has 5 heterocycles. The van der Waals surface area contributed by atoms with Gasteiger partial charge in [0.05, 0.1) is 0 Å². The fourth-order valence-electron chi connectivity index (χ4n) is 5.06. The minimum Gasteiger partial charge on any atom is -0.381 e. The molecule has 0 aromatic carbocycles. The van der Waals surface area contributed by atoms with Crippen LogP contribution < -0.4 is 15.8 Å². The SMILES string of the molecule is O=C(NCC1CCOCC1)c1ccc2n(c1=O)C[C@H]1C[C@@H]2CN(c2ccncn2)C1. The lowest BCUT2D eigenvalue weighted by Crippen LogP contribution is -2.48. The van der Waals surface area contributed by atoms with Crippen LogP contribution in [0.2, 0.25) is 0 Å². The third kappa shape index (κ3) is 3.71. The van der Waals surface area contributed by atoms with Crippen LogP contribution in [-0.2, 0) is 11.3 Å². The molecule has 158 valence electrons.